The van der Waals surface area contributed by atoms with Crippen LogP contribution < -0.4 is 20.9 Å². The number of rotatable bonds is 4. The number of hydrogen-bond acceptors (Lipinski definition) is 3. The molecule has 0 spiro atoms. The van der Waals surface area contributed by atoms with Gasteiger partial charge in [0, 0.05) is 17.2 Å². The van der Waals surface area contributed by atoms with Crippen LogP contribution in [0.5, 0.6) is 5.75 Å². The molecule has 0 unspecified atom stereocenters. The van der Waals surface area contributed by atoms with Gasteiger partial charge in [-0.3, -0.25) is 15.6 Å². The van der Waals surface area contributed by atoms with Gasteiger partial charge in [-0.15, -0.1) is 0 Å². The molecule has 0 aliphatic carbocycles. The zero-order valence-corrected chi connectivity index (χ0v) is 14.2. The molecule has 1 aromatic carbocycles. The van der Waals surface area contributed by atoms with Crippen molar-refractivity contribution in [3.05, 3.63) is 35.9 Å². The Morgan fingerprint density at radius 1 is 1.27 bits per heavy atom. The second-order valence-corrected chi connectivity index (χ2v) is 6.03. The summed E-state index contributed by atoms with van der Waals surface area (Å²) >= 11 is 5.07. The van der Waals surface area contributed by atoms with E-state index in [1.54, 1.807) is 6.08 Å². The maximum absolute atomic E-state index is 11.8. The van der Waals surface area contributed by atoms with E-state index in [1.165, 1.54) is 6.08 Å². The molecule has 1 aromatic rings. The summed E-state index contributed by atoms with van der Waals surface area (Å²) in [6.45, 7) is 8.43. The first-order chi connectivity index (χ1) is 10.3. The van der Waals surface area contributed by atoms with Crippen LogP contribution in [0, 0.1) is 0 Å². The predicted octanol–water partition coefficient (Wildman–Crippen LogP) is 2.39. The molecule has 0 bridgehead atoms. The normalized spacial score (nSPS) is 11.1. The minimum atomic E-state index is -0.302. The highest BCUT2D eigenvalue weighted by Gasteiger charge is 2.10. The summed E-state index contributed by atoms with van der Waals surface area (Å²) in [6, 6.07) is 7.52. The smallest absolute Gasteiger partial charge is 0.262 e. The summed E-state index contributed by atoms with van der Waals surface area (Å²) in [5.41, 5.74) is 5.84. The Bertz CT molecular complexity index is 551. The van der Waals surface area contributed by atoms with Crippen molar-refractivity contribution in [3.8, 4) is 5.75 Å². The predicted molar refractivity (Wildman–Crippen MR) is 93.4 cm³/mol. The van der Waals surface area contributed by atoms with Crippen LogP contribution in [0.2, 0.25) is 0 Å². The third-order valence-corrected chi connectivity index (χ3v) is 2.63. The number of carbonyl (C=O) groups excluding carboxylic acids is 1. The number of thiocarbonyl (C=S) groups is 1. The lowest BCUT2D eigenvalue weighted by Crippen LogP contribution is -2.51. The van der Waals surface area contributed by atoms with Crippen molar-refractivity contribution in [2.75, 3.05) is 6.61 Å². The van der Waals surface area contributed by atoms with Gasteiger partial charge in [0.1, 0.15) is 5.75 Å². The van der Waals surface area contributed by atoms with E-state index in [1.807, 2.05) is 52.0 Å². The van der Waals surface area contributed by atoms with Gasteiger partial charge >= 0.3 is 0 Å². The van der Waals surface area contributed by atoms with E-state index < -0.39 is 0 Å². The molecule has 0 atom stereocenters. The summed E-state index contributed by atoms with van der Waals surface area (Å²) < 4.78 is 5.49. The first-order valence-corrected chi connectivity index (χ1v) is 7.50. The second kappa shape index (κ2) is 8.38. The maximum atomic E-state index is 11.8. The molecule has 6 heteroatoms. The van der Waals surface area contributed by atoms with E-state index in [-0.39, 0.29) is 11.4 Å². The van der Waals surface area contributed by atoms with Crippen molar-refractivity contribution >= 4 is 29.3 Å². The lowest BCUT2D eigenvalue weighted by Gasteiger charge is -2.22. The van der Waals surface area contributed by atoms with Gasteiger partial charge in [-0.2, -0.15) is 0 Å². The molecule has 3 N–H and O–H groups in total. The van der Waals surface area contributed by atoms with Gasteiger partial charge < -0.3 is 10.1 Å². The first-order valence-electron chi connectivity index (χ1n) is 7.10. The summed E-state index contributed by atoms with van der Waals surface area (Å²) in [6.07, 6.45) is 3.12. The van der Waals surface area contributed by atoms with Crippen molar-refractivity contribution in [2.45, 2.75) is 33.2 Å². The Morgan fingerprint density at radius 2 is 1.95 bits per heavy atom. The largest absolute Gasteiger partial charge is 0.493 e. The van der Waals surface area contributed by atoms with Crippen LogP contribution in [0.25, 0.3) is 6.08 Å². The number of carbonyl (C=O) groups is 1. The molecule has 0 saturated heterocycles. The average Bonchev–Trinajstić information content (AvgIpc) is 2.43. The minimum Gasteiger partial charge on any atom is -0.493 e. The molecule has 22 heavy (non-hydrogen) atoms. The highest BCUT2D eigenvalue weighted by molar-refractivity contribution is 7.80. The van der Waals surface area contributed by atoms with E-state index in [2.05, 4.69) is 16.2 Å². The zero-order chi connectivity index (χ0) is 16.6. The molecule has 0 heterocycles. The Balaban J connectivity index is 2.53. The molecular formula is C16H23N3O2S. The number of nitrogens with one attached hydrogen (secondary N) is 3. The third-order valence-electron chi connectivity index (χ3n) is 2.42. The standard InChI is InChI=1S/C16H23N3O2S/c1-5-21-13-9-7-6-8-12(13)10-11-14(20)18-19-15(22)17-16(2,3)4/h6-11H,5H2,1-4H3,(H,18,20)(H2,17,19,22)/b11-10+. The molecule has 0 aromatic heterocycles. The minimum absolute atomic E-state index is 0.166. The Hall–Kier alpha value is -2.08. The second-order valence-electron chi connectivity index (χ2n) is 5.62. The number of hydrazine groups is 1. The zero-order valence-electron chi connectivity index (χ0n) is 13.4. The van der Waals surface area contributed by atoms with Crippen molar-refractivity contribution < 1.29 is 9.53 Å². The summed E-state index contributed by atoms with van der Waals surface area (Å²) in [5, 5.41) is 3.40. The van der Waals surface area contributed by atoms with Crippen LogP contribution in [0.4, 0.5) is 0 Å². The summed E-state index contributed by atoms with van der Waals surface area (Å²) in [5.74, 6) is 0.441. The van der Waals surface area contributed by atoms with Crippen molar-refractivity contribution in [2.24, 2.45) is 0 Å². The van der Waals surface area contributed by atoms with E-state index in [0.29, 0.717) is 11.7 Å². The quantitative estimate of drug-likeness (QED) is 0.451. The monoisotopic (exact) mass is 321 g/mol. The highest BCUT2D eigenvalue weighted by Crippen LogP contribution is 2.19. The molecule has 1 rings (SSSR count). The Morgan fingerprint density at radius 3 is 2.59 bits per heavy atom. The van der Waals surface area contributed by atoms with Crippen LogP contribution in [-0.2, 0) is 4.79 Å². The van der Waals surface area contributed by atoms with Gasteiger partial charge in [0.25, 0.3) is 5.91 Å². The Kier molecular flexibility index (Phi) is 6.85. The van der Waals surface area contributed by atoms with Crippen LogP contribution in [0.15, 0.2) is 30.3 Å². The highest BCUT2D eigenvalue weighted by atomic mass is 32.1. The lowest BCUT2D eigenvalue weighted by atomic mass is 10.1. The third kappa shape index (κ3) is 7.08. The SMILES string of the molecule is CCOc1ccccc1/C=C/C(=O)NNC(=S)NC(C)(C)C. The number of benzene rings is 1. The van der Waals surface area contributed by atoms with Crippen LogP contribution in [0.3, 0.4) is 0 Å². The topological polar surface area (TPSA) is 62.4 Å². The molecule has 0 radical (unpaired) electrons. The summed E-state index contributed by atoms with van der Waals surface area (Å²) in [7, 11) is 0. The van der Waals surface area contributed by atoms with Gasteiger partial charge in [0.05, 0.1) is 6.61 Å². The van der Waals surface area contributed by atoms with Gasteiger partial charge in [0.15, 0.2) is 5.11 Å². The molecule has 0 aliphatic heterocycles. The summed E-state index contributed by atoms with van der Waals surface area (Å²) in [4.78, 5) is 11.8. The fourth-order valence-corrected chi connectivity index (χ4v) is 1.96. The number of hydrogen-bond donors (Lipinski definition) is 3. The molecule has 120 valence electrons. The van der Waals surface area contributed by atoms with E-state index in [0.717, 1.165) is 11.3 Å². The van der Waals surface area contributed by atoms with Crippen molar-refractivity contribution in [1.29, 1.82) is 0 Å². The van der Waals surface area contributed by atoms with Crippen LogP contribution in [0.1, 0.15) is 33.3 Å². The van der Waals surface area contributed by atoms with Gasteiger partial charge in [-0.05, 0) is 52.1 Å². The number of para-hydroxylation sites is 1. The Labute approximate surface area is 137 Å². The number of ether oxygens (including phenoxy) is 1. The van der Waals surface area contributed by atoms with E-state index in [4.69, 9.17) is 17.0 Å². The molecule has 0 aliphatic rings. The fraction of sp³-hybridized carbons (Fsp3) is 0.375. The fourth-order valence-electron chi connectivity index (χ4n) is 1.60. The maximum Gasteiger partial charge on any atom is 0.262 e. The van der Waals surface area contributed by atoms with Crippen LogP contribution in [-0.4, -0.2) is 23.2 Å². The van der Waals surface area contributed by atoms with Gasteiger partial charge in [-0.25, -0.2) is 0 Å². The molecule has 5 nitrogen and oxygen atoms in total. The van der Waals surface area contributed by atoms with E-state index in [9.17, 15) is 4.79 Å². The van der Waals surface area contributed by atoms with E-state index >= 15 is 0 Å². The number of amides is 1. The molecule has 1 amide bonds. The average molecular weight is 321 g/mol. The van der Waals surface area contributed by atoms with Crippen LogP contribution >= 0.6 is 12.2 Å². The molecular weight excluding hydrogens is 298 g/mol. The first kappa shape index (κ1) is 18.0. The van der Waals surface area contributed by atoms with Crippen molar-refractivity contribution in [1.82, 2.24) is 16.2 Å². The molecule has 0 saturated carbocycles. The van der Waals surface area contributed by atoms with Gasteiger partial charge in [-0.1, -0.05) is 18.2 Å². The lowest BCUT2D eigenvalue weighted by molar-refractivity contribution is -0.117. The van der Waals surface area contributed by atoms with Crippen molar-refractivity contribution in [3.63, 3.8) is 0 Å². The molecule has 0 fully saturated rings. The van der Waals surface area contributed by atoms with Gasteiger partial charge in [0.2, 0.25) is 0 Å².